The van der Waals surface area contributed by atoms with E-state index < -0.39 is 5.60 Å². The van der Waals surface area contributed by atoms with E-state index in [0.717, 1.165) is 19.4 Å². The van der Waals surface area contributed by atoms with Gasteiger partial charge in [-0.15, -0.1) is 12.4 Å². The van der Waals surface area contributed by atoms with Crippen molar-refractivity contribution in [1.29, 1.82) is 0 Å². The third kappa shape index (κ3) is 5.77. The molecule has 17 heavy (non-hydrogen) atoms. The number of carbonyl (C=O) groups excluding carboxylic acids is 1. The fourth-order valence-electron chi connectivity index (χ4n) is 1.75. The van der Waals surface area contributed by atoms with Crippen LogP contribution in [0.4, 0.5) is 4.79 Å². The topological polar surface area (TPSA) is 67.9 Å². The molecule has 1 aliphatic rings. The highest BCUT2D eigenvalue weighted by atomic mass is 35.5. The summed E-state index contributed by atoms with van der Waals surface area (Å²) < 4.78 is 5.31. The van der Waals surface area contributed by atoms with Crippen LogP contribution in [0.25, 0.3) is 0 Å². The number of hydrogen-bond donors (Lipinski definition) is 1. The molecule has 1 fully saturated rings. The fraction of sp³-hybridized carbons (Fsp3) is 0.818. The Morgan fingerprint density at radius 2 is 2.18 bits per heavy atom. The Morgan fingerprint density at radius 1 is 1.53 bits per heavy atom. The molecule has 0 aromatic heterocycles. The number of ether oxygens (including phenoxy) is 1. The molecule has 1 amide bonds. The Labute approximate surface area is 109 Å². The lowest BCUT2D eigenvalue weighted by Gasteiger charge is -2.32. The van der Waals surface area contributed by atoms with E-state index >= 15 is 0 Å². The first-order valence-corrected chi connectivity index (χ1v) is 5.63. The number of likely N-dealkylation sites (tertiary alicyclic amines) is 1. The SMILES string of the molecule is CC(C)(C)OC(=O)N1CCCC(/C=N/N)C1.Cl. The van der Waals surface area contributed by atoms with Crippen LogP contribution in [-0.2, 0) is 4.74 Å². The van der Waals surface area contributed by atoms with E-state index in [-0.39, 0.29) is 24.4 Å². The van der Waals surface area contributed by atoms with Crippen molar-refractivity contribution in [2.24, 2.45) is 16.9 Å². The minimum Gasteiger partial charge on any atom is -0.444 e. The van der Waals surface area contributed by atoms with Crippen molar-refractivity contribution < 1.29 is 9.53 Å². The van der Waals surface area contributed by atoms with Crippen molar-refractivity contribution in [3.05, 3.63) is 0 Å². The van der Waals surface area contributed by atoms with Gasteiger partial charge in [0.2, 0.25) is 0 Å². The second-order valence-corrected chi connectivity index (χ2v) is 5.13. The monoisotopic (exact) mass is 263 g/mol. The van der Waals surface area contributed by atoms with Crippen LogP contribution in [0.3, 0.4) is 0 Å². The van der Waals surface area contributed by atoms with Crippen LogP contribution in [0.5, 0.6) is 0 Å². The molecule has 1 unspecified atom stereocenters. The van der Waals surface area contributed by atoms with Gasteiger partial charge in [0.05, 0.1) is 0 Å². The minimum atomic E-state index is -0.439. The Hall–Kier alpha value is -0.970. The molecule has 6 heteroatoms. The van der Waals surface area contributed by atoms with Gasteiger partial charge in [-0.05, 0) is 33.6 Å². The predicted molar refractivity (Wildman–Crippen MR) is 70.5 cm³/mol. The first kappa shape index (κ1) is 16.0. The quantitative estimate of drug-likeness (QED) is 0.447. The van der Waals surface area contributed by atoms with Crippen molar-refractivity contribution in [1.82, 2.24) is 4.90 Å². The van der Waals surface area contributed by atoms with Crippen LogP contribution in [-0.4, -0.2) is 35.9 Å². The second-order valence-electron chi connectivity index (χ2n) is 5.13. The highest BCUT2D eigenvalue weighted by Crippen LogP contribution is 2.17. The first-order valence-electron chi connectivity index (χ1n) is 5.63. The van der Waals surface area contributed by atoms with Gasteiger partial charge in [-0.1, -0.05) is 0 Å². The average molecular weight is 264 g/mol. The maximum atomic E-state index is 11.8. The van der Waals surface area contributed by atoms with Gasteiger partial charge in [0, 0.05) is 25.2 Å². The van der Waals surface area contributed by atoms with Crippen LogP contribution in [0.15, 0.2) is 5.10 Å². The molecule has 100 valence electrons. The zero-order valence-corrected chi connectivity index (χ0v) is 11.5. The summed E-state index contributed by atoms with van der Waals surface area (Å²) >= 11 is 0. The summed E-state index contributed by atoms with van der Waals surface area (Å²) in [5.41, 5.74) is -0.439. The van der Waals surface area contributed by atoms with E-state index in [0.29, 0.717) is 6.54 Å². The zero-order valence-electron chi connectivity index (χ0n) is 10.7. The van der Waals surface area contributed by atoms with Gasteiger partial charge in [0.15, 0.2) is 0 Å². The van der Waals surface area contributed by atoms with Gasteiger partial charge in [0.25, 0.3) is 0 Å². The number of nitrogens with zero attached hydrogens (tertiary/aromatic N) is 2. The number of hydrogen-bond acceptors (Lipinski definition) is 4. The standard InChI is InChI=1S/C11H21N3O2.ClH/c1-11(2,3)16-10(15)14-6-4-5-9(8-14)7-13-12;/h7,9H,4-6,8,12H2,1-3H3;1H/b13-7+;. The van der Waals surface area contributed by atoms with E-state index in [1.165, 1.54) is 0 Å². The van der Waals surface area contributed by atoms with E-state index in [4.69, 9.17) is 10.6 Å². The van der Waals surface area contributed by atoms with Gasteiger partial charge in [-0.25, -0.2) is 4.79 Å². The number of rotatable bonds is 1. The average Bonchev–Trinajstić information content (AvgIpc) is 2.16. The van der Waals surface area contributed by atoms with Gasteiger partial charge in [0.1, 0.15) is 5.60 Å². The maximum Gasteiger partial charge on any atom is 0.410 e. The van der Waals surface area contributed by atoms with Crippen molar-refractivity contribution >= 4 is 24.7 Å². The Balaban J connectivity index is 0.00000256. The second kappa shape index (κ2) is 6.69. The number of halogens is 1. The summed E-state index contributed by atoms with van der Waals surface area (Å²) in [7, 11) is 0. The number of carbonyl (C=O) groups is 1. The third-order valence-corrected chi connectivity index (χ3v) is 2.41. The summed E-state index contributed by atoms with van der Waals surface area (Å²) in [5, 5.41) is 3.52. The van der Waals surface area contributed by atoms with Gasteiger partial charge in [-0.3, -0.25) is 0 Å². The Bertz CT molecular complexity index is 276. The fourth-order valence-corrected chi connectivity index (χ4v) is 1.75. The minimum absolute atomic E-state index is 0. The summed E-state index contributed by atoms with van der Waals surface area (Å²) in [4.78, 5) is 13.5. The van der Waals surface area contributed by atoms with E-state index in [1.54, 1.807) is 11.1 Å². The van der Waals surface area contributed by atoms with Crippen molar-refractivity contribution in [2.45, 2.75) is 39.2 Å². The van der Waals surface area contributed by atoms with Crippen LogP contribution < -0.4 is 5.84 Å². The Morgan fingerprint density at radius 3 is 2.71 bits per heavy atom. The molecular weight excluding hydrogens is 242 g/mol. The normalized spacial score (nSPS) is 21.1. The lowest BCUT2D eigenvalue weighted by Crippen LogP contribution is -2.43. The number of hydrazone groups is 1. The van der Waals surface area contributed by atoms with E-state index in [2.05, 4.69) is 5.10 Å². The summed E-state index contributed by atoms with van der Waals surface area (Å²) in [6.45, 7) is 7.01. The first-order chi connectivity index (χ1) is 7.42. The molecule has 1 atom stereocenters. The van der Waals surface area contributed by atoms with Crippen molar-refractivity contribution in [2.75, 3.05) is 13.1 Å². The molecule has 0 radical (unpaired) electrons. The van der Waals surface area contributed by atoms with Gasteiger partial charge in [-0.2, -0.15) is 5.10 Å². The molecule has 2 N–H and O–H groups in total. The maximum absolute atomic E-state index is 11.8. The van der Waals surface area contributed by atoms with Crippen molar-refractivity contribution in [3.63, 3.8) is 0 Å². The van der Waals surface area contributed by atoms with E-state index in [1.807, 2.05) is 20.8 Å². The lowest BCUT2D eigenvalue weighted by atomic mass is 10.00. The highest BCUT2D eigenvalue weighted by Gasteiger charge is 2.26. The summed E-state index contributed by atoms with van der Waals surface area (Å²) in [6.07, 6.45) is 3.45. The largest absolute Gasteiger partial charge is 0.444 e. The van der Waals surface area contributed by atoms with Crippen LogP contribution >= 0.6 is 12.4 Å². The molecular formula is C11H22ClN3O2. The molecule has 1 heterocycles. The smallest absolute Gasteiger partial charge is 0.410 e. The molecule has 0 aliphatic carbocycles. The van der Waals surface area contributed by atoms with Crippen LogP contribution in [0.1, 0.15) is 33.6 Å². The summed E-state index contributed by atoms with van der Waals surface area (Å²) in [5.74, 6) is 5.37. The van der Waals surface area contributed by atoms with Gasteiger partial charge >= 0.3 is 6.09 Å². The molecule has 0 spiro atoms. The molecule has 5 nitrogen and oxygen atoms in total. The molecule has 1 rings (SSSR count). The van der Waals surface area contributed by atoms with E-state index in [9.17, 15) is 4.79 Å². The van der Waals surface area contributed by atoms with Crippen molar-refractivity contribution in [3.8, 4) is 0 Å². The Kier molecular flexibility index (Phi) is 6.31. The number of piperidine rings is 1. The lowest BCUT2D eigenvalue weighted by molar-refractivity contribution is 0.0195. The molecule has 0 aromatic carbocycles. The molecule has 0 saturated carbocycles. The molecule has 0 bridgehead atoms. The van der Waals surface area contributed by atoms with Crippen LogP contribution in [0, 0.1) is 5.92 Å². The molecule has 1 aliphatic heterocycles. The predicted octanol–water partition coefficient (Wildman–Crippen LogP) is 2.00. The third-order valence-electron chi connectivity index (χ3n) is 2.41. The number of nitrogens with two attached hydrogens (primary N) is 1. The summed E-state index contributed by atoms with van der Waals surface area (Å²) in [6, 6.07) is 0. The molecule has 1 saturated heterocycles. The van der Waals surface area contributed by atoms with Gasteiger partial charge < -0.3 is 15.5 Å². The molecule has 0 aromatic rings. The van der Waals surface area contributed by atoms with Crippen LogP contribution in [0.2, 0.25) is 0 Å². The highest BCUT2D eigenvalue weighted by molar-refractivity contribution is 5.85. The number of amides is 1. The zero-order chi connectivity index (χ0) is 12.2.